The van der Waals surface area contributed by atoms with Gasteiger partial charge in [0.05, 0.1) is 14.2 Å². The number of fused-ring (bicyclic) bond motifs is 1. The van der Waals surface area contributed by atoms with Crippen molar-refractivity contribution in [1.82, 2.24) is 0 Å². The third-order valence-corrected chi connectivity index (χ3v) is 5.97. The Bertz CT molecular complexity index is 717. The molecule has 0 atom stereocenters. The summed E-state index contributed by atoms with van der Waals surface area (Å²) in [5.74, 6) is 1.51. The fourth-order valence-corrected chi connectivity index (χ4v) is 4.08. The van der Waals surface area contributed by atoms with Gasteiger partial charge in [-0.3, -0.25) is 0 Å². The van der Waals surface area contributed by atoms with Crippen LogP contribution in [0.25, 0.3) is 5.76 Å². The zero-order chi connectivity index (χ0) is 23.0. The second kappa shape index (κ2) is 17.7. The van der Waals surface area contributed by atoms with Crippen molar-refractivity contribution in [3.05, 3.63) is 29.3 Å². The number of hydrogen-bond acceptors (Lipinski definition) is 5. The molecule has 0 amide bonds. The lowest BCUT2D eigenvalue weighted by Gasteiger charge is -2.12. The normalized spacial score (nSPS) is 12.0. The average molecular weight is 483 g/mol. The Hall–Kier alpha value is -1.72. The molecule has 33 heavy (non-hydrogen) atoms. The van der Waals surface area contributed by atoms with Gasteiger partial charge >= 0.3 is 5.97 Å². The van der Waals surface area contributed by atoms with Crippen LogP contribution >= 0.6 is 12.4 Å². The van der Waals surface area contributed by atoms with Gasteiger partial charge in [0.1, 0.15) is 12.4 Å². The minimum absolute atomic E-state index is 0. The van der Waals surface area contributed by atoms with Crippen molar-refractivity contribution < 1.29 is 23.7 Å². The number of unbranched alkanes of at least 4 members (excludes halogenated alkanes) is 11. The Kier molecular flexibility index (Phi) is 15.7. The standard InChI is InChI=1S/C27H42O5.ClH/c1-4-5-6-7-8-9-10-11-12-13-14-15-18-31-21-27(28)32-24-17-16-22-19-25(29-2)26(30-3)20-23(22)24;/h17,19-20H,4-16,18,21H2,1-3H3;1H. The summed E-state index contributed by atoms with van der Waals surface area (Å²) in [6, 6.07) is 3.78. The molecule has 0 N–H and O–H groups in total. The first kappa shape index (κ1) is 29.3. The van der Waals surface area contributed by atoms with E-state index in [-0.39, 0.29) is 25.0 Å². The van der Waals surface area contributed by atoms with Crippen molar-refractivity contribution >= 4 is 24.1 Å². The van der Waals surface area contributed by atoms with Crippen LogP contribution in [0.1, 0.15) is 95.1 Å². The van der Waals surface area contributed by atoms with E-state index in [1.807, 2.05) is 18.2 Å². The van der Waals surface area contributed by atoms with Crippen molar-refractivity contribution in [2.75, 3.05) is 27.4 Å². The molecule has 0 saturated carbocycles. The third kappa shape index (κ3) is 10.8. The van der Waals surface area contributed by atoms with Gasteiger partial charge in [-0.25, -0.2) is 4.79 Å². The van der Waals surface area contributed by atoms with Gasteiger partial charge in [-0.05, 0) is 36.6 Å². The first-order valence-corrected chi connectivity index (χ1v) is 12.4. The molecule has 0 spiro atoms. The second-order valence-corrected chi connectivity index (χ2v) is 8.55. The number of ether oxygens (including phenoxy) is 4. The number of carbonyl (C=O) groups excluding carboxylic acids is 1. The largest absolute Gasteiger partial charge is 0.493 e. The fraction of sp³-hybridized carbons (Fsp3) is 0.667. The molecule has 188 valence electrons. The summed E-state index contributed by atoms with van der Waals surface area (Å²) in [6.45, 7) is 2.85. The van der Waals surface area contributed by atoms with Crippen LogP contribution in [0, 0.1) is 0 Å². The van der Waals surface area contributed by atoms with Gasteiger partial charge in [0.15, 0.2) is 11.5 Å². The van der Waals surface area contributed by atoms with Gasteiger partial charge in [-0.15, -0.1) is 12.4 Å². The summed E-state index contributed by atoms with van der Waals surface area (Å²) >= 11 is 0. The molecule has 1 aromatic carbocycles. The molecule has 1 aliphatic rings. The molecule has 0 heterocycles. The van der Waals surface area contributed by atoms with E-state index in [1.165, 1.54) is 64.2 Å². The van der Waals surface area contributed by atoms with Crippen LogP contribution in [0.4, 0.5) is 0 Å². The van der Waals surface area contributed by atoms with E-state index in [0.29, 0.717) is 30.3 Å². The lowest BCUT2D eigenvalue weighted by Crippen LogP contribution is -2.12. The zero-order valence-corrected chi connectivity index (χ0v) is 21.6. The van der Waals surface area contributed by atoms with Crippen molar-refractivity contribution in [3.63, 3.8) is 0 Å². The molecule has 0 bridgehead atoms. The van der Waals surface area contributed by atoms with Crippen molar-refractivity contribution in [2.24, 2.45) is 0 Å². The Balaban J connectivity index is 0.00000544. The Morgan fingerprint density at radius 3 is 1.94 bits per heavy atom. The molecule has 0 aromatic heterocycles. The lowest BCUT2D eigenvalue weighted by molar-refractivity contribution is -0.141. The maximum Gasteiger partial charge on any atom is 0.337 e. The van der Waals surface area contributed by atoms with E-state index >= 15 is 0 Å². The SMILES string of the molecule is CCCCCCCCCCCCCCOCC(=O)OC1=CCc2cc(OC)c(OC)cc21.Cl. The number of benzene rings is 1. The number of allylic oxidation sites excluding steroid dienone is 1. The molecule has 1 aromatic rings. The first-order valence-electron chi connectivity index (χ1n) is 12.4. The smallest absolute Gasteiger partial charge is 0.337 e. The number of methoxy groups -OCH3 is 2. The van der Waals surface area contributed by atoms with Crippen LogP contribution in [0.5, 0.6) is 11.5 Å². The third-order valence-electron chi connectivity index (χ3n) is 5.97. The molecule has 6 heteroatoms. The molecule has 0 saturated heterocycles. The summed E-state index contributed by atoms with van der Waals surface area (Å²) < 4.78 is 21.7. The molecule has 0 aliphatic heterocycles. The molecule has 5 nitrogen and oxygen atoms in total. The average Bonchev–Trinajstić information content (AvgIpc) is 3.19. The highest BCUT2D eigenvalue weighted by Gasteiger charge is 2.21. The summed E-state index contributed by atoms with van der Waals surface area (Å²) in [4.78, 5) is 12.2. The lowest BCUT2D eigenvalue weighted by atomic mass is 10.1. The maximum absolute atomic E-state index is 12.2. The van der Waals surface area contributed by atoms with E-state index in [4.69, 9.17) is 18.9 Å². The number of rotatable bonds is 18. The second-order valence-electron chi connectivity index (χ2n) is 8.55. The van der Waals surface area contributed by atoms with E-state index in [2.05, 4.69) is 6.92 Å². The Morgan fingerprint density at radius 2 is 1.36 bits per heavy atom. The Labute approximate surface area is 206 Å². The molecule has 1 aliphatic carbocycles. The number of carbonyl (C=O) groups is 1. The zero-order valence-electron chi connectivity index (χ0n) is 20.8. The fourth-order valence-electron chi connectivity index (χ4n) is 4.08. The quantitative estimate of drug-likeness (QED) is 0.162. The molecular formula is C27H43ClO5. The van der Waals surface area contributed by atoms with Crippen LogP contribution in [0.15, 0.2) is 18.2 Å². The van der Waals surface area contributed by atoms with Gasteiger partial charge < -0.3 is 18.9 Å². The van der Waals surface area contributed by atoms with Crippen LogP contribution in [0.3, 0.4) is 0 Å². The number of halogens is 1. The van der Waals surface area contributed by atoms with E-state index in [9.17, 15) is 4.79 Å². The van der Waals surface area contributed by atoms with Gasteiger partial charge in [0.2, 0.25) is 0 Å². The molecule has 0 radical (unpaired) electrons. The highest BCUT2D eigenvalue weighted by atomic mass is 35.5. The van der Waals surface area contributed by atoms with Crippen molar-refractivity contribution in [2.45, 2.75) is 90.4 Å². The molecular weight excluding hydrogens is 440 g/mol. The topological polar surface area (TPSA) is 54.0 Å². The van der Waals surface area contributed by atoms with Gasteiger partial charge in [-0.1, -0.05) is 77.6 Å². The highest BCUT2D eigenvalue weighted by Crippen LogP contribution is 2.37. The van der Waals surface area contributed by atoms with E-state index in [1.54, 1.807) is 14.2 Å². The predicted molar refractivity (Wildman–Crippen MR) is 136 cm³/mol. The Morgan fingerprint density at radius 1 is 0.818 bits per heavy atom. The van der Waals surface area contributed by atoms with Crippen LogP contribution in [0.2, 0.25) is 0 Å². The predicted octanol–water partition coefficient (Wildman–Crippen LogP) is 7.28. The minimum atomic E-state index is -0.363. The van der Waals surface area contributed by atoms with Crippen molar-refractivity contribution in [1.29, 1.82) is 0 Å². The minimum Gasteiger partial charge on any atom is -0.493 e. The monoisotopic (exact) mass is 482 g/mol. The molecule has 0 fully saturated rings. The number of esters is 1. The highest BCUT2D eigenvalue weighted by molar-refractivity contribution is 5.85. The summed E-state index contributed by atoms with van der Waals surface area (Å²) in [5, 5.41) is 0. The van der Waals surface area contributed by atoms with Crippen molar-refractivity contribution in [3.8, 4) is 11.5 Å². The van der Waals surface area contributed by atoms with Crippen LogP contribution < -0.4 is 9.47 Å². The van der Waals surface area contributed by atoms with Crippen LogP contribution in [-0.2, 0) is 20.7 Å². The molecule has 0 unspecified atom stereocenters. The summed E-state index contributed by atoms with van der Waals surface area (Å²) in [7, 11) is 3.21. The van der Waals surface area contributed by atoms with Gasteiger partial charge in [0, 0.05) is 12.2 Å². The summed E-state index contributed by atoms with van der Waals surface area (Å²) in [5.41, 5.74) is 1.93. The van der Waals surface area contributed by atoms with E-state index < -0.39 is 0 Å². The first-order chi connectivity index (χ1) is 15.7. The maximum atomic E-state index is 12.2. The van der Waals surface area contributed by atoms with E-state index in [0.717, 1.165) is 24.0 Å². The van der Waals surface area contributed by atoms with Gasteiger partial charge in [0.25, 0.3) is 0 Å². The van der Waals surface area contributed by atoms with Crippen LogP contribution in [-0.4, -0.2) is 33.4 Å². The number of hydrogen-bond donors (Lipinski definition) is 0. The molecule has 2 rings (SSSR count). The van der Waals surface area contributed by atoms with Gasteiger partial charge in [-0.2, -0.15) is 0 Å². The summed E-state index contributed by atoms with van der Waals surface area (Å²) in [6.07, 6.45) is 18.3.